The highest BCUT2D eigenvalue weighted by molar-refractivity contribution is 9.09. The molecule has 1 aliphatic heterocycles. The van der Waals surface area contributed by atoms with Crippen LogP contribution in [0, 0.1) is 5.92 Å². The molecule has 1 aromatic heterocycles. The Morgan fingerprint density at radius 3 is 2.75 bits per heavy atom. The molecule has 1 fully saturated rings. The summed E-state index contributed by atoms with van der Waals surface area (Å²) in [5.41, 5.74) is 0. The molecular formula is C12H16BrNOS. The normalized spacial score (nSPS) is 19.8. The van der Waals surface area contributed by atoms with Gasteiger partial charge in [-0.2, -0.15) is 0 Å². The Morgan fingerprint density at radius 2 is 2.25 bits per heavy atom. The van der Waals surface area contributed by atoms with Gasteiger partial charge in [0.15, 0.2) is 0 Å². The van der Waals surface area contributed by atoms with Crippen LogP contribution in [-0.4, -0.2) is 28.7 Å². The van der Waals surface area contributed by atoms with Crippen LogP contribution in [0.2, 0.25) is 0 Å². The van der Waals surface area contributed by atoms with Crippen LogP contribution >= 0.6 is 27.3 Å². The second-order valence-corrected chi connectivity index (χ2v) is 6.68. The van der Waals surface area contributed by atoms with E-state index in [-0.39, 0.29) is 5.91 Å². The molecule has 0 saturated carbocycles. The molecule has 16 heavy (non-hydrogen) atoms. The minimum atomic E-state index is 0.204. The highest BCUT2D eigenvalue weighted by Crippen LogP contribution is 2.26. The first kappa shape index (κ1) is 12.1. The van der Waals surface area contributed by atoms with E-state index in [9.17, 15) is 4.79 Å². The van der Waals surface area contributed by atoms with Crippen molar-refractivity contribution < 1.29 is 4.79 Å². The number of halogens is 1. The second kappa shape index (κ2) is 5.32. The number of thiophene rings is 1. The summed E-state index contributed by atoms with van der Waals surface area (Å²) in [6.07, 6.45) is 2.23. The zero-order chi connectivity index (χ0) is 11.5. The number of nitrogens with zero attached hydrogens (tertiary/aromatic N) is 1. The van der Waals surface area contributed by atoms with Crippen LogP contribution in [0.15, 0.2) is 17.5 Å². The summed E-state index contributed by atoms with van der Waals surface area (Å²) in [5.74, 6) is 0.920. The molecule has 2 heterocycles. The van der Waals surface area contributed by atoms with Crippen molar-refractivity contribution in [3.63, 3.8) is 0 Å². The highest BCUT2D eigenvalue weighted by atomic mass is 79.9. The monoisotopic (exact) mass is 301 g/mol. The molecule has 0 aliphatic carbocycles. The van der Waals surface area contributed by atoms with E-state index in [0.717, 1.165) is 30.8 Å². The molecule has 0 radical (unpaired) electrons. The van der Waals surface area contributed by atoms with Gasteiger partial charge in [-0.1, -0.05) is 28.9 Å². The van der Waals surface area contributed by atoms with Gasteiger partial charge < -0.3 is 4.90 Å². The van der Waals surface area contributed by atoms with E-state index in [1.54, 1.807) is 0 Å². The molecule has 0 aromatic carbocycles. The number of hydrogen-bond donors (Lipinski definition) is 0. The molecule has 0 N–H and O–H groups in total. The van der Waals surface area contributed by atoms with Crippen LogP contribution < -0.4 is 0 Å². The van der Waals surface area contributed by atoms with Crippen LogP contribution in [0.4, 0.5) is 0 Å². The van der Waals surface area contributed by atoms with Gasteiger partial charge in [0.05, 0.1) is 4.88 Å². The summed E-state index contributed by atoms with van der Waals surface area (Å²) in [7, 11) is 0. The molecular weight excluding hydrogens is 286 g/mol. The topological polar surface area (TPSA) is 20.3 Å². The molecule has 1 aromatic rings. The second-order valence-electron chi connectivity index (χ2n) is 4.28. The van der Waals surface area contributed by atoms with E-state index in [1.807, 2.05) is 22.4 Å². The first-order chi connectivity index (χ1) is 7.68. The Bertz CT molecular complexity index is 342. The van der Waals surface area contributed by atoms with Gasteiger partial charge in [-0.05, 0) is 30.2 Å². The smallest absolute Gasteiger partial charge is 0.263 e. The Morgan fingerprint density at radius 1 is 1.56 bits per heavy atom. The Hall–Kier alpha value is -0.350. The molecule has 2 nitrogen and oxygen atoms in total. The van der Waals surface area contributed by atoms with Crippen LogP contribution in [-0.2, 0) is 0 Å². The number of carbonyl (C=O) groups excluding carboxylic acids is 1. The van der Waals surface area contributed by atoms with E-state index in [2.05, 4.69) is 22.9 Å². The molecule has 88 valence electrons. The summed E-state index contributed by atoms with van der Waals surface area (Å²) >= 11 is 5.16. The first-order valence-corrected chi connectivity index (χ1v) is 7.45. The molecule has 1 aliphatic rings. The van der Waals surface area contributed by atoms with Gasteiger partial charge in [0.2, 0.25) is 0 Å². The molecule has 1 atom stereocenters. The maximum absolute atomic E-state index is 12.1. The predicted octanol–water partition coefficient (Wildman–Crippen LogP) is 3.38. The highest BCUT2D eigenvalue weighted by Gasteiger charge is 2.25. The summed E-state index contributed by atoms with van der Waals surface area (Å²) in [6, 6.07) is 3.84. The molecule has 1 unspecified atom stereocenters. The Labute approximate surface area is 109 Å². The minimum absolute atomic E-state index is 0.204. The van der Waals surface area contributed by atoms with Crippen molar-refractivity contribution in [2.24, 2.45) is 5.92 Å². The standard InChI is InChI=1S/C12H16BrNOS/c1-9(13)10-4-6-14(7-5-10)12(15)11-3-2-8-16-11/h2-3,8-10H,4-7H2,1H3. The van der Waals surface area contributed by atoms with Gasteiger partial charge in [0.25, 0.3) is 5.91 Å². The largest absolute Gasteiger partial charge is 0.338 e. The third-order valence-corrected chi connectivity index (χ3v) is 4.81. The fourth-order valence-electron chi connectivity index (χ4n) is 2.12. The quantitative estimate of drug-likeness (QED) is 0.767. The van der Waals surface area contributed by atoms with Gasteiger partial charge in [-0.15, -0.1) is 11.3 Å². The fourth-order valence-corrected chi connectivity index (χ4v) is 3.34. The zero-order valence-corrected chi connectivity index (χ0v) is 11.8. The van der Waals surface area contributed by atoms with Crippen LogP contribution in [0.3, 0.4) is 0 Å². The molecule has 0 spiro atoms. The lowest BCUT2D eigenvalue weighted by Gasteiger charge is -2.33. The Balaban J connectivity index is 1.92. The third-order valence-electron chi connectivity index (χ3n) is 3.21. The van der Waals surface area contributed by atoms with Crippen LogP contribution in [0.5, 0.6) is 0 Å². The van der Waals surface area contributed by atoms with E-state index < -0.39 is 0 Å². The first-order valence-electron chi connectivity index (χ1n) is 5.65. The van der Waals surface area contributed by atoms with Crippen molar-refractivity contribution in [2.45, 2.75) is 24.6 Å². The lowest BCUT2D eigenvalue weighted by molar-refractivity contribution is 0.0696. The summed E-state index contributed by atoms with van der Waals surface area (Å²) < 4.78 is 0. The lowest BCUT2D eigenvalue weighted by Crippen LogP contribution is -2.39. The maximum atomic E-state index is 12.1. The van der Waals surface area contributed by atoms with Crippen molar-refractivity contribution in [3.8, 4) is 0 Å². The number of alkyl halides is 1. The van der Waals surface area contributed by atoms with Crippen molar-refractivity contribution >= 4 is 33.2 Å². The maximum Gasteiger partial charge on any atom is 0.263 e. The molecule has 4 heteroatoms. The minimum Gasteiger partial charge on any atom is -0.338 e. The zero-order valence-electron chi connectivity index (χ0n) is 9.36. The van der Waals surface area contributed by atoms with Gasteiger partial charge in [0.1, 0.15) is 0 Å². The predicted molar refractivity (Wildman–Crippen MR) is 71.3 cm³/mol. The average molecular weight is 302 g/mol. The number of amides is 1. The van der Waals surface area contributed by atoms with E-state index in [4.69, 9.17) is 0 Å². The van der Waals surface area contributed by atoms with Gasteiger partial charge in [-0.3, -0.25) is 4.79 Å². The average Bonchev–Trinajstić information content (AvgIpc) is 2.81. The van der Waals surface area contributed by atoms with Crippen molar-refractivity contribution in [2.75, 3.05) is 13.1 Å². The number of piperidine rings is 1. The van der Waals surface area contributed by atoms with Crippen molar-refractivity contribution in [3.05, 3.63) is 22.4 Å². The van der Waals surface area contributed by atoms with Crippen molar-refractivity contribution in [1.29, 1.82) is 0 Å². The summed E-state index contributed by atoms with van der Waals surface area (Å²) in [5, 5.41) is 1.96. The number of carbonyl (C=O) groups is 1. The fraction of sp³-hybridized carbons (Fsp3) is 0.583. The number of likely N-dealkylation sites (tertiary alicyclic amines) is 1. The lowest BCUT2D eigenvalue weighted by atomic mass is 9.94. The van der Waals surface area contributed by atoms with Gasteiger partial charge >= 0.3 is 0 Å². The number of rotatable bonds is 2. The van der Waals surface area contributed by atoms with E-state index in [0.29, 0.717) is 10.7 Å². The van der Waals surface area contributed by atoms with Crippen LogP contribution in [0.1, 0.15) is 29.4 Å². The number of hydrogen-bond acceptors (Lipinski definition) is 2. The van der Waals surface area contributed by atoms with Gasteiger partial charge in [-0.25, -0.2) is 0 Å². The Kier molecular flexibility index (Phi) is 4.03. The summed E-state index contributed by atoms with van der Waals surface area (Å²) in [4.78, 5) is 15.5. The molecule has 1 amide bonds. The van der Waals surface area contributed by atoms with Gasteiger partial charge in [0, 0.05) is 17.9 Å². The van der Waals surface area contributed by atoms with E-state index in [1.165, 1.54) is 11.3 Å². The SMILES string of the molecule is CC(Br)C1CCN(C(=O)c2cccs2)CC1. The third kappa shape index (κ3) is 2.66. The summed E-state index contributed by atoms with van der Waals surface area (Å²) in [6.45, 7) is 4.00. The molecule has 0 bridgehead atoms. The van der Waals surface area contributed by atoms with Crippen molar-refractivity contribution in [1.82, 2.24) is 4.90 Å². The van der Waals surface area contributed by atoms with E-state index >= 15 is 0 Å². The molecule has 1 saturated heterocycles. The molecule has 2 rings (SSSR count). The van der Waals surface area contributed by atoms with Crippen LogP contribution in [0.25, 0.3) is 0 Å².